The quantitative estimate of drug-likeness (QED) is 0.586. The minimum absolute atomic E-state index is 0.0615. The molecule has 6 heteroatoms. The highest BCUT2D eigenvalue weighted by atomic mass is 16.6. The van der Waals surface area contributed by atoms with Crippen molar-refractivity contribution in [2.75, 3.05) is 38.2 Å². The summed E-state index contributed by atoms with van der Waals surface area (Å²) in [6, 6.07) is 5.36. The first-order chi connectivity index (χ1) is 11.9. The lowest BCUT2D eigenvalue weighted by Gasteiger charge is -2.38. The zero-order chi connectivity index (χ0) is 19.4. The van der Waals surface area contributed by atoms with Crippen LogP contribution in [0.3, 0.4) is 0 Å². The van der Waals surface area contributed by atoms with E-state index in [1.807, 2.05) is 13.8 Å². The lowest BCUT2D eigenvalue weighted by molar-refractivity contribution is -0.384. The predicted molar refractivity (Wildman–Crippen MR) is 106 cm³/mol. The maximum absolute atomic E-state index is 10.8. The van der Waals surface area contributed by atoms with Crippen molar-refractivity contribution >= 4 is 11.4 Å². The largest absolute Gasteiger partial charge is 0.494 e. The molecule has 0 bridgehead atoms. The number of nitro benzene ring substituents is 1. The fourth-order valence-electron chi connectivity index (χ4n) is 2.52. The lowest BCUT2D eigenvalue weighted by atomic mass is 10.2. The van der Waals surface area contributed by atoms with Crippen LogP contribution in [0.5, 0.6) is 5.75 Å². The van der Waals surface area contributed by atoms with Crippen LogP contribution in [0.25, 0.3) is 0 Å². The van der Waals surface area contributed by atoms with Crippen LogP contribution in [0.1, 0.15) is 48.0 Å². The van der Waals surface area contributed by atoms with Gasteiger partial charge in [-0.3, -0.25) is 15.0 Å². The van der Waals surface area contributed by atoms with Crippen LogP contribution in [0.4, 0.5) is 11.4 Å². The maximum Gasteiger partial charge on any atom is 0.273 e. The summed E-state index contributed by atoms with van der Waals surface area (Å²) < 4.78 is 5.30. The van der Waals surface area contributed by atoms with E-state index in [1.165, 1.54) is 18.6 Å². The fourth-order valence-corrected chi connectivity index (χ4v) is 2.52. The number of rotatable bonds is 4. The average molecular weight is 354 g/mol. The van der Waals surface area contributed by atoms with Crippen LogP contribution in [0.2, 0.25) is 0 Å². The van der Waals surface area contributed by atoms with Gasteiger partial charge in [-0.1, -0.05) is 34.1 Å². The van der Waals surface area contributed by atoms with Gasteiger partial charge >= 0.3 is 0 Å². The Morgan fingerprint density at radius 2 is 1.68 bits per heavy atom. The molecule has 0 saturated carbocycles. The van der Waals surface area contributed by atoms with Crippen molar-refractivity contribution in [1.82, 2.24) is 4.90 Å². The summed E-state index contributed by atoms with van der Waals surface area (Å²) in [5.74, 6) is 0.567. The number of non-ortho nitro benzene ring substituents is 1. The van der Waals surface area contributed by atoms with Crippen molar-refractivity contribution in [3.63, 3.8) is 0 Å². The second kappa shape index (κ2) is 12.5. The van der Waals surface area contributed by atoms with Crippen LogP contribution < -0.4 is 9.64 Å². The molecule has 0 aromatic heterocycles. The van der Waals surface area contributed by atoms with Crippen molar-refractivity contribution in [1.29, 1.82) is 0 Å². The predicted octanol–water partition coefficient (Wildman–Crippen LogP) is 4.58. The van der Waals surface area contributed by atoms with Gasteiger partial charge in [-0.15, -0.1) is 0 Å². The molecule has 0 radical (unpaired) electrons. The Bertz CT molecular complexity index is 499. The van der Waals surface area contributed by atoms with E-state index in [0.29, 0.717) is 11.8 Å². The van der Waals surface area contributed by atoms with E-state index in [9.17, 15) is 10.1 Å². The molecule has 144 valence electrons. The normalized spacial score (nSPS) is 14.2. The molecule has 6 nitrogen and oxygen atoms in total. The van der Waals surface area contributed by atoms with Crippen LogP contribution in [0, 0.1) is 10.1 Å². The monoisotopic (exact) mass is 353 g/mol. The first-order valence-electron chi connectivity index (χ1n) is 9.25. The Labute approximate surface area is 152 Å². The van der Waals surface area contributed by atoms with Gasteiger partial charge in [0.2, 0.25) is 0 Å². The molecule has 1 aliphatic heterocycles. The molecule has 0 unspecified atom stereocenters. The maximum atomic E-state index is 10.8. The highest BCUT2D eigenvalue weighted by molar-refractivity contribution is 5.62. The zero-order valence-electron chi connectivity index (χ0n) is 16.9. The third-order valence-electron chi connectivity index (χ3n) is 3.76. The van der Waals surface area contributed by atoms with Gasteiger partial charge in [0.05, 0.1) is 23.8 Å². The SMILES string of the molecule is CC.CCC.COc1cc([N+](=O)[O-])ccc1N1CCN(C(C)C)CC1. The Morgan fingerprint density at radius 1 is 1.16 bits per heavy atom. The Balaban J connectivity index is 0.00000104. The summed E-state index contributed by atoms with van der Waals surface area (Å²) in [7, 11) is 1.55. The van der Waals surface area contributed by atoms with E-state index < -0.39 is 4.92 Å². The van der Waals surface area contributed by atoms with Gasteiger partial charge in [-0.05, 0) is 19.9 Å². The summed E-state index contributed by atoms with van der Waals surface area (Å²) in [5, 5.41) is 10.8. The van der Waals surface area contributed by atoms with Crippen LogP contribution >= 0.6 is 0 Å². The number of benzene rings is 1. The van der Waals surface area contributed by atoms with Gasteiger partial charge in [0.25, 0.3) is 5.69 Å². The van der Waals surface area contributed by atoms with Gasteiger partial charge < -0.3 is 9.64 Å². The second-order valence-corrected chi connectivity index (χ2v) is 5.94. The summed E-state index contributed by atoms with van der Waals surface area (Å²) in [6.07, 6.45) is 1.25. The zero-order valence-corrected chi connectivity index (χ0v) is 16.9. The fraction of sp³-hybridized carbons (Fsp3) is 0.684. The minimum Gasteiger partial charge on any atom is -0.494 e. The molecule has 1 aromatic carbocycles. The molecule has 1 fully saturated rings. The van der Waals surface area contributed by atoms with Gasteiger partial charge in [-0.2, -0.15) is 0 Å². The topological polar surface area (TPSA) is 58.9 Å². The van der Waals surface area contributed by atoms with Gasteiger partial charge in [0, 0.05) is 38.3 Å². The molecular weight excluding hydrogens is 318 g/mol. The molecule has 0 amide bonds. The summed E-state index contributed by atoms with van der Waals surface area (Å²) >= 11 is 0. The number of methoxy groups -OCH3 is 1. The number of piperazine rings is 1. The van der Waals surface area contributed by atoms with Crippen LogP contribution in [-0.2, 0) is 0 Å². The summed E-state index contributed by atoms with van der Waals surface area (Å²) in [5.41, 5.74) is 0.993. The van der Waals surface area contributed by atoms with Crippen molar-refractivity contribution in [3.8, 4) is 5.75 Å². The van der Waals surface area contributed by atoms with E-state index >= 15 is 0 Å². The Morgan fingerprint density at radius 3 is 2.08 bits per heavy atom. The van der Waals surface area contributed by atoms with E-state index in [1.54, 1.807) is 13.2 Å². The average Bonchev–Trinajstić information content (AvgIpc) is 2.63. The second-order valence-electron chi connectivity index (χ2n) is 5.94. The molecule has 2 rings (SSSR count). The Kier molecular flexibility index (Phi) is 11.6. The van der Waals surface area contributed by atoms with Crippen molar-refractivity contribution in [3.05, 3.63) is 28.3 Å². The minimum atomic E-state index is -0.400. The number of hydrogen-bond acceptors (Lipinski definition) is 5. The third-order valence-corrected chi connectivity index (χ3v) is 3.76. The van der Waals surface area contributed by atoms with E-state index in [-0.39, 0.29) is 5.69 Å². The highest BCUT2D eigenvalue weighted by Gasteiger charge is 2.22. The van der Waals surface area contributed by atoms with E-state index in [4.69, 9.17) is 4.74 Å². The van der Waals surface area contributed by atoms with E-state index in [0.717, 1.165) is 31.9 Å². The summed E-state index contributed by atoms with van der Waals surface area (Å²) in [6.45, 7) is 16.5. The number of nitrogens with zero attached hydrogens (tertiary/aromatic N) is 3. The number of anilines is 1. The third kappa shape index (κ3) is 7.30. The van der Waals surface area contributed by atoms with Crippen LogP contribution in [0.15, 0.2) is 18.2 Å². The molecule has 0 spiro atoms. The first kappa shape index (κ1) is 23.2. The van der Waals surface area contributed by atoms with Gasteiger partial charge in [0.1, 0.15) is 5.75 Å². The standard InChI is InChI=1S/C14H21N3O3.C3H8.C2H6/c1-11(2)15-6-8-16(9-7-15)13-5-4-12(17(18)19)10-14(13)20-3;1-3-2;1-2/h4-5,10-11H,6-9H2,1-3H3;3H2,1-2H3;1-2H3. The molecule has 0 aliphatic carbocycles. The molecule has 1 aromatic rings. The summed E-state index contributed by atoms with van der Waals surface area (Å²) in [4.78, 5) is 15.1. The smallest absolute Gasteiger partial charge is 0.273 e. The van der Waals surface area contributed by atoms with Crippen molar-refractivity contribution in [2.24, 2.45) is 0 Å². The number of nitro groups is 1. The number of hydrogen-bond donors (Lipinski definition) is 0. The van der Waals surface area contributed by atoms with Crippen LogP contribution in [-0.4, -0.2) is 49.2 Å². The van der Waals surface area contributed by atoms with E-state index in [2.05, 4.69) is 37.5 Å². The molecule has 1 aliphatic rings. The molecule has 0 N–H and O–H groups in total. The molecule has 1 heterocycles. The Hall–Kier alpha value is -1.82. The molecule has 25 heavy (non-hydrogen) atoms. The highest BCUT2D eigenvalue weighted by Crippen LogP contribution is 2.32. The van der Waals surface area contributed by atoms with Crippen molar-refractivity contribution in [2.45, 2.75) is 54.0 Å². The molecule has 0 atom stereocenters. The number of ether oxygens (including phenoxy) is 1. The first-order valence-corrected chi connectivity index (χ1v) is 9.25. The van der Waals surface area contributed by atoms with Gasteiger partial charge in [0.15, 0.2) is 0 Å². The molecular formula is C19H35N3O3. The molecule has 1 saturated heterocycles. The van der Waals surface area contributed by atoms with Gasteiger partial charge in [-0.25, -0.2) is 0 Å². The lowest BCUT2D eigenvalue weighted by Crippen LogP contribution is -2.49. The van der Waals surface area contributed by atoms with Crippen molar-refractivity contribution < 1.29 is 9.66 Å².